The zero-order valence-electron chi connectivity index (χ0n) is 10.1. The summed E-state index contributed by atoms with van der Waals surface area (Å²) in [5.74, 6) is -0.627. The second-order valence-corrected chi connectivity index (χ2v) is 4.72. The van der Waals surface area contributed by atoms with Crippen molar-refractivity contribution in [3.05, 3.63) is 35.4 Å². The van der Waals surface area contributed by atoms with Gasteiger partial charge in [-0.2, -0.15) is 0 Å². The Kier molecular flexibility index (Phi) is 3.52. The minimum atomic E-state index is -0.486. The molecule has 1 aliphatic heterocycles. The molecular weight excluding hydrogens is 298 g/mol. The number of nitrogens with zero attached hydrogens (tertiary/aromatic N) is 1. The lowest BCUT2D eigenvalue weighted by molar-refractivity contribution is -0.137. The molecule has 0 unspecified atom stereocenters. The van der Waals surface area contributed by atoms with E-state index in [1.54, 1.807) is 11.9 Å². The summed E-state index contributed by atoms with van der Waals surface area (Å²) in [7, 11) is 3.00. The summed E-state index contributed by atoms with van der Waals surface area (Å²) in [5.41, 5.74) is 1.93. The van der Waals surface area contributed by atoms with Gasteiger partial charge in [-0.25, -0.2) is 4.79 Å². The molecule has 0 aromatic heterocycles. The van der Waals surface area contributed by atoms with Gasteiger partial charge in [0.2, 0.25) is 5.91 Å². The molecule has 1 aromatic carbocycles. The van der Waals surface area contributed by atoms with Crippen LogP contribution < -0.4 is 4.90 Å². The Balaban J connectivity index is 2.65. The van der Waals surface area contributed by atoms with Crippen LogP contribution in [0.3, 0.4) is 0 Å². The summed E-state index contributed by atoms with van der Waals surface area (Å²) >= 11 is 3.40. The number of methoxy groups -OCH3 is 1. The maximum atomic E-state index is 12.0. The SMILES string of the molecule is COC(=O)C1=C(Br)c2ccccc2N(C)C(=O)C1. The van der Waals surface area contributed by atoms with Gasteiger partial charge >= 0.3 is 5.97 Å². The van der Waals surface area contributed by atoms with E-state index < -0.39 is 5.97 Å². The second kappa shape index (κ2) is 4.94. The van der Waals surface area contributed by atoms with Crippen molar-refractivity contribution in [3.63, 3.8) is 0 Å². The van der Waals surface area contributed by atoms with Crippen molar-refractivity contribution in [3.8, 4) is 0 Å². The van der Waals surface area contributed by atoms with Gasteiger partial charge in [0.05, 0.1) is 24.8 Å². The molecule has 5 heteroatoms. The molecule has 0 saturated carbocycles. The Morgan fingerprint density at radius 1 is 1.39 bits per heavy atom. The Morgan fingerprint density at radius 3 is 2.72 bits per heavy atom. The van der Waals surface area contributed by atoms with Crippen LogP contribution in [0.25, 0.3) is 4.48 Å². The topological polar surface area (TPSA) is 46.6 Å². The number of fused-ring (bicyclic) bond motifs is 1. The van der Waals surface area contributed by atoms with Crippen molar-refractivity contribution in [2.75, 3.05) is 19.1 Å². The second-order valence-electron chi connectivity index (χ2n) is 3.93. The number of para-hydroxylation sites is 1. The van der Waals surface area contributed by atoms with Gasteiger partial charge < -0.3 is 9.64 Å². The summed E-state index contributed by atoms with van der Waals surface area (Å²) < 4.78 is 5.33. The molecule has 4 nitrogen and oxygen atoms in total. The minimum absolute atomic E-state index is 0.0262. The monoisotopic (exact) mass is 309 g/mol. The fourth-order valence-corrected chi connectivity index (χ4v) is 2.52. The molecule has 1 heterocycles. The Labute approximate surface area is 113 Å². The minimum Gasteiger partial charge on any atom is -0.466 e. The van der Waals surface area contributed by atoms with Crippen molar-refractivity contribution < 1.29 is 14.3 Å². The van der Waals surface area contributed by atoms with E-state index in [-0.39, 0.29) is 12.3 Å². The molecule has 1 amide bonds. The quantitative estimate of drug-likeness (QED) is 0.748. The van der Waals surface area contributed by atoms with Crippen molar-refractivity contribution in [2.45, 2.75) is 6.42 Å². The van der Waals surface area contributed by atoms with Crippen molar-refractivity contribution in [1.29, 1.82) is 0 Å². The van der Waals surface area contributed by atoms with E-state index in [0.717, 1.165) is 11.3 Å². The third kappa shape index (κ3) is 2.06. The number of benzene rings is 1. The third-order valence-corrected chi connectivity index (χ3v) is 3.81. The zero-order chi connectivity index (χ0) is 13.3. The van der Waals surface area contributed by atoms with E-state index >= 15 is 0 Å². The fourth-order valence-electron chi connectivity index (χ4n) is 1.88. The number of rotatable bonds is 1. The van der Waals surface area contributed by atoms with E-state index in [2.05, 4.69) is 15.9 Å². The molecule has 1 aliphatic rings. The summed E-state index contributed by atoms with van der Waals surface area (Å²) in [6, 6.07) is 7.41. The van der Waals surface area contributed by atoms with Crippen LogP contribution in [0, 0.1) is 0 Å². The number of anilines is 1. The Bertz CT molecular complexity index is 551. The maximum Gasteiger partial charge on any atom is 0.335 e. The molecule has 2 rings (SSSR count). The lowest BCUT2D eigenvalue weighted by Gasteiger charge is -2.17. The van der Waals surface area contributed by atoms with Crippen LogP contribution in [-0.2, 0) is 14.3 Å². The molecule has 0 spiro atoms. The summed E-state index contributed by atoms with van der Waals surface area (Å²) in [4.78, 5) is 25.3. The summed E-state index contributed by atoms with van der Waals surface area (Å²) in [6.07, 6.45) is 0.0262. The predicted molar refractivity (Wildman–Crippen MR) is 72.3 cm³/mol. The lowest BCUT2D eigenvalue weighted by atomic mass is 10.1. The number of carbonyl (C=O) groups is 2. The largest absolute Gasteiger partial charge is 0.466 e. The van der Waals surface area contributed by atoms with Gasteiger partial charge in [-0.05, 0) is 22.0 Å². The maximum absolute atomic E-state index is 12.0. The van der Waals surface area contributed by atoms with E-state index in [1.807, 2.05) is 24.3 Å². The third-order valence-electron chi connectivity index (χ3n) is 2.90. The smallest absolute Gasteiger partial charge is 0.335 e. The van der Waals surface area contributed by atoms with E-state index in [4.69, 9.17) is 4.74 Å². The standard InChI is InChI=1S/C13H12BrNO3/c1-15-10-6-4-3-5-8(10)12(14)9(7-11(15)16)13(17)18-2/h3-6H,7H2,1-2H3. The first-order valence-corrected chi connectivity index (χ1v) is 6.18. The average molecular weight is 310 g/mol. The number of esters is 1. The molecule has 18 heavy (non-hydrogen) atoms. The molecule has 0 radical (unpaired) electrons. The molecule has 0 bridgehead atoms. The van der Waals surface area contributed by atoms with Gasteiger partial charge in [0.25, 0.3) is 0 Å². The molecule has 0 fully saturated rings. The van der Waals surface area contributed by atoms with E-state index in [9.17, 15) is 9.59 Å². The number of amides is 1. The van der Waals surface area contributed by atoms with Crippen LogP contribution in [0.5, 0.6) is 0 Å². The van der Waals surface area contributed by atoms with Crippen LogP contribution in [0.4, 0.5) is 5.69 Å². The van der Waals surface area contributed by atoms with Crippen molar-refractivity contribution in [2.24, 2.45) is 0 Å². The summed E-state index contributed by atoms with van der Waals surface area (Å²) in [5, 5.41) is 0. The van der Waals surface area contributed by atoms with E-state index in [0.29, 0.717) is 10.1 Å². The Hall–Kier alpha value is -1.62. The van der Waals surface area contributed by atoms with Crippen LogP contribution in [0.1, 0.15) is 12.0 Å². The molecule has 94 valence electrons. The van der Waals surface area contributed by atoms with Crippen molar-refractivity contribution >= 4 is 38.0 Å². The van der Waals surface area contributed by atoms with Crippen LogP contribution in [-0.4, -0.2) is 26.0 Å². The highest BCUT2D eigenvalue weighted by atomic mass is 79.9. The fraction of sp³-hybridized carbons (Fsp3) is 0.231. The molecule has 0 saturated heterocycles. The number of hydrogen-bond acceptors (Lipinski definition) is 3. The molecule has 0 aliphatic carbocycles. The van der Waals surface area contributed by atoms with Gasteiger partial charge in [0.15, 0.2) is 0 Å². The normalized spacial score (nSPS) is 15.3. The number of ether oxygens (including phenoxy) is 1. The first kappa shape index (κ1) is 12.8. The van der Waals surface area contributed by atoms with Crippen LogP contribution in [0.15, 0.2) is 29.8 Å². The highest BCUT2D eigenvalue weighted by Gasteiger charge is 2.27. The van der Waals surface area contributed by atoms with Gasteiger partial charge in [-0.15, -0.1) is 0 Å². The summed E-state index contributed by atoms with van der Waals surface area (Å²) in [6.45, 7) is 0. The number of hydrogen-bond donors (Lipinski definition) is 0. The van der Waals surface area contributed by atoms with Gasteiger partial charge in [0, 0.05) is 17.1 Å². The highest BCUT2D eigenvalue weighted by Crippen LogP contribution is 2.37. The van der Waals surface area contributed by atoms with Crippen LogP contribution >= 0.6 is 15.9 Å². The molecular formula is C13H12BrNO3. The average Bonchev–Trinajstić information content (AvgIpc) is 2.49. The lowest BCUT2D eigenvalue weighted by Crippen LogP contribution is -2.26. The first-order chi connectivity index (χ1) is 8.56. The zero-order valence-corrected chi connectivity index (χ0v) is 11.7. The Morgan fingerprint density at radius 2 is 2.06 bits per heavy atom. The van der Waals surface area contributed by atoms with Crippen molar-refractivity contribution in [1.82, 2.24) is 0 Å². The molecule has 0 atom stereocenters. The highest BCUT2D eigenvalue weighted by molar-refractivity contribution is 9.15. The molecule has 0 N–H and O–H groups in total. The number of carbonyl (C=O) groups excluding carboxylic acids is 2. The predicted octanol–water partition coefficient (Wildman–Crippen LogP) is 2.33. The first-order valence-electron chi connectivity index (χ1n) is 5.39. The van der Waals surface area contributed by atoms with E-state index in [1.165, 1.54) is 7.11 Å². The van der Waals surface area contributed by atoms with Gasteiger partial charge in [0.1, 0.15) is 0 Å². The number of halogens is 1. The van der Waals surface area contributed by atoms with Crippen LogP contribution in [0.2, 0.25) is 0 Å². The van der Waals surface area contributed by atoms with Gasteiger partial charge in [-0.3, -0.25) is 4.79 Å². The van der Waals surface area contributed by atoms with Gasteiger partial charge in [-0.1, -0.05) is 18.2 Å². The molecule has 1 aromatic rings.